The SMILES string of the molecule is Cc1c(CC(=O)N2CCC(C)(NC(=O)n3c(-c4ccnn4-c4ccc(C#N)cc4)c(C)n(-c4cccc(C(F)(F)F)c4)c3=O)CC2)cc(S(N)(=O)=O)c(C)c1C. The van der Waals surface area contributed by atoms with Crippen LogP contribution >= 0.6 is 0 Å². The second-order valence-corrected chi connectivity index (χ2v) is 15.8. The highest BCUT2D eigenvalue weighted by molar-refractivity contribution is 7.89. The van der Waals surface area contributed by atoms with Gasteiger partial charge in [-0.2, -0.15) is 23.5 Å². The maximum absolute atomic E-state index is 14.3. The Hall–Kier alpha value is -5.99. The Morgan fingerprint density at radius 2 is 1.62 bits per heavy atom. The van der Waals surface area contributed by atoms with Crippen LogP contribution in [0.5, 0.6) is 0 Å². The van der Waals surface area contributed by atoms with Gasteiger partial charge in [0.05, 0.1) is 57.5 Å². The Bertz CT molecular complexity index is 2590. The molecule has 1 fully saturated rings. The van der Waals surface area contributed by atoms with Gasteiger partial charge in [-0.05, 0) is 124 Å². The van der Waals surface area contributed by atoms with Gasteiger partial charge >= 0.3 is 17.9 Å². The fourth-order valence-electron chi connectivity index (χ4n) is 7.11. The molecule has 3 aromatic carbocycles. The summed E-state index contributed by atoms with van der Waals surface area (Å²) in [5.74, 6) is -0.242. The normalized spacial score (nSPS) is 14.4. The zero-order valence-electron chi connectivity index (χ0n) is 31.2. The molecule has 0 saturated carbocycles. The minimum Gasteiger partial charge on any atom is -0.342 e. The van der Waals surface area contributed by atoms with Gasteiger partial charge in [0, 0.05) is 18.6 Å². The standard InChI is InChI=1S/C39H39F3N8O5S/c1-23-24(2)28(19-33(25(23)3)56(44,54)55)20-34(51)47-17-14-38(5,15-18-47)46-36(52)49-35(32-13-16-45-50(32)30-11-9-27(22-43)10-12-30)26(4)48(37(49)53)31-8-6-7-29(21-31)39(40,41)42/h6-13,16,19,21H,14-15,17-18,20H2,1-5H3,(H,46,52)(H2,44,54,55). The Kier molecular flexibility index (Phi) is 10.3. The van der Waals surface area contributed by atoms with Crippen LogP contribution in [0.1, 0.15) is 58.8 Å². The second kappa shape index (κ2) is 14.6. The zero-order valence-corrected chi connectivity index (χ0v) is 32.0. The Morgan fingerprint density at radius 3 is 2.23 bits per heavy atom. The lowest BCUT2D eigenvalue weighted by Crippen LogP contribution is -2.56. The first-order chi connectivity index (χ1) is 26.2. The smallest absolute Gasteiger partial charge is 0.342 e. The monoisotopic (exact) mass is 788 g/mol. The summed E-state index contributed by atoms with van der Waals surface area (Å²) in [6, 6.07) is 14.9. The largest absolute Gasteiger partial charge is 0.416 e. The number of imidazole rings is 1. The topological polar surface area (TPSA) is 178 Å². The summed E-state index contributed by atoms with van der Waals surface area (Å²) >= 11 is 0. The quantitative estimate of drug-likeness (QED) is 0.220. The molecule has 2 aromatic heterocycles. The molecule has 1 saturated heterocycles. The average molecular weight is 789 g/mol. The Labute approximate surface area is 320 Å². The van der Waals surface area contributed by atoms with E-state index in [9.17, 15) is 41.2 Å². The summed E-state index contributed by atoms with van der Waals surface area (Å²) in [7, 11) is -4.02. The zero-order chi connectivity index (χ0) is 40.9. The van der Waals surface area contributed by atoms with Gasteiger partial charge in [0.15, 0.2) is 0 Å². The molecular weight excluding hydrogens is 750 g/mol. The number of nitrogens with one attached hydrogen (secondary N) is 1. The van der Waals surface area contributed by atoms with Crippen LogP contribution in [0.3, 0.4) is 0 Å². The van der Waals surface area contributed by atoms with Crippen molar-refractivity contribution in [1.29, 1.82) is 5.26 Å². The van der Waals surface area contributed by atoms with E-state index in [4.69, 9.17) is 5.14 Å². The number of amides is 2. The van der Waals surface area contributed by atoms with E-state index in [0.29, 0.717) is 35.2 Å². The number of likely N-dealkylation sites (tertiary alicyclic amines) is 1. The Morgan fingerprint density at radius 1 is 0.964 bits per heavy atom. The minimum atomic E-state index is -4.69. The number of hydrogen-bond donors (Lipinski definition) is 2. The molecule has 2 amide bonds. The van der Waals surface area contributed by atoms with Crippen molar-refractivity contribution in [3.05, 3.63) is 116 Å². The first kappa shape index (κ1) is 39.7. The number of hydrogen-bond acceptors (Lipinski definition) is 7. The van der Waals surface area contributed by atoms with Crippen LogP contribution in [0, 0.1) is 39.0 Å². The molecule has 17 heteroatoms. The third-order valence-electron chi connectivity index (χ3n) is 10.6. The van der Waals surface area contributed by atoms with Crippen molar-refractivity contribution in [3.63, 3.8) is 0 Å². The molecule has 0 unspecified atom stereocenters. The summed E-state index contributed by atoms with van der Waals surface area (Å²) in [5.41, 5.74) is 1.06. The van der Waals surface area contributed by atoms with Crippen molar-refractivity contribution < 1.29 is 31.2 Å². The number of aromatic nitrogens is 4. The fraction of sp³-hybridized carbons (Fsp3) is 0.308. The van der Waals surface area contributed by atoms with Gasteiger partial charge < -0.3 is 10.2 Å². The number of carbonyl (C=O) groups is 2. The second-order valence-electron chi connectivity index (χ2n) is 14.2. The Balaban J connectivity index is 1.32. The van der Waals surface area contributed by atoms with E-state index in [1.807, 2.05) is 13.0 Å². The van der Waals surface area contributed by atoms with Gasteiger partial charge in [-0.3, -0.25) is 9.36 Å². The highest BCUT2D eigenvalue weighted by Crippen LogP contribution is 2.33. The number of carbonyl (C=O) groups excluding carboxylic acids is 2. The molecule has 13 nitrogen and oxygen atoms in total. The first-order valence-electron chi connectivity index (χ1n) is 17.5. The van der Waals surface area contributed by atoms with Crippen LogP contribution in [0.15, 0.2) is 76.6 Å². The number of nitrogens with zero attached hydrogens (tertiary/aromatic N) is 6. The maximum Gasteiger partial charge on any atom is 0.416 e. The van der Waals surface area contributed by atoms with Crippen LogP contribution in [0.25, 0.3) is 22.8 Å². The third kappa shape index (κ3) is 7.49. The van der Waals surface area contributed by atoms with Gasteiger partial charge in [0.1, 0.15) is 5.69 Å². The number of nitriles is 1. The van der Waals surface area contributed by atoms with E-state index in [2.05, 4.69) is 10.4 Å². The van der Waals surface area contributed by atoms with E-state index < -0.39 is 39.0 Å². The molecule has 6 rings (SSSR count). The fourth-order valence-corrected chi connectivity index (χ4v) is 8.00. The molecule has 292 valence electrons. The molecule has 3 heterocycles. The average Bonchev–Trinajstić information content (AvgIpc) is 3.72. The van der Waals surface area contributed by atoms with E-state index in [-0.39, 0.29) is 53.1 Å². The number of rotatable bonds is 7. The van der Waals surface area contributed by atoms with Gasteiger partial charge in [0.25, 0.3) is 0 Å². The van der Waals surface area contributed by atoms with Crippen molar-refractivity contribution in [1.82, 2.24) is 29.1 Å². The summed E-state index contributed by atoms with van der Waals surface area (Å²) in [6.45, 7) is 9.02. The number of nitrogens with two attached hydrogens (primary N) is 1. The number of halogens is 3. The molecule has 5 aromatic rings. The van der Waals surface area contributed by atoms with Crippen LogP contribution in [-0.4, -0.2) is 62.8 Å². The molecule has 56 heavy (non-hydrogen) atoms. The molecule has 1 aliphatic heterocycles. The molecule has 0 spiro atoms. The first-order valence-corrected chi connectivity index (χ1v) is 19.1. The molecule has 0 radical (unpaired) electrons. The number of primary sulfonamides is 1. The number of piperidine rings is 1. The molecule has 0 bridgehead atoms. The number of alkyl halides is 3. The van der Waals surface area contributed by atoms with E-state index in [0.717, 1.165) is 32.4 Å². The number of benzene rings is 3. The molecular formula is C39H39F3N8O5S. The molecule has 3 N–H and O–H groups in total. The third-order valence-corrected chi connectivity index (χ3v) is 11.6. The lowest BCUT2D eigenvalue weighted by Gasteiger charge is -2.40. The molecule has 0 atom stereocenters. The highest BCUT2D eigenvalue weighted by atomic mass is 32.2. The predicted molar refractivity (Wildman–Crippen MR) is 201 cm³/mol. The van der Waals surface area contributed by atoms with Crippen LogP contribution in [-0.2, 0) is 27.4 Å². The molecule has 1 aliphatic rings. The van der Waals surface area contributed by atoms with Crippen LogP contribution in [0.2, 0.25) is 0 Å². The lowest BCUT2D eigenvalue weighted by atomic mass is 9.89. The van der Waals surface area contributed by atoms with Crippen molar-refractivity contribution in [2.24, 2.45) is 5.14 Å². The summed E-state index contributed by atoms with van der Waals surface area (Å²) in [4.78, 5) is 43.7. The lowest BCUT2D eigenvalue weighted by molar-refractivity contribution is -0.137. The maximum atomic E-state index is 14.3. The van der Waals surface area contributed by atoms with E-state index in [1.54, 1.807) is 56.0 Å². The predicted octanol–water partition coefficient (Wildman–Crippen LogP) is 5.44. The van der Waals surface area contributed by atoms with Crippen LogP contribution in [0.4, 0.5) is 18.0 Å². The van der Waals surface area contributed by atoms with Gasteiger partial charge in [-0.1, -0.05) is 6.07 Å². The summed E-state index contributed by atoms with van der Waals surface area (Å²) < 4.78 is 69.2. The van der Waals surface area contributed by atoms with E-state index in [1.165, 1.54) is 36.0 Å². The van der Waals surface area contributed by atoms with Crippen LogP contribution < -0.4 is 16.1 Å². The highest BCUT2D eigenvalue weighted by Gasteiger charge is 2.37. The summed E-state index contributed by atoms with van der Waals surface area (Å²) in [5, 5.41) is 22.1. The van der Waals surface area contributed by atoms with Gasteiger partial charge in [-0.25, -0.2) is 32.4 Å². The summed E-state index contributed by atoms with van der Waals surface area (Å²) in [6.07, 6.45) is -2.73. The molecule has 0 aliphatic carbocycles. The van der Waals surface area contributed by atoms with Crippen molar-refractivity contribution in [2.45, 2.75) is 70.5 Å². The number of sulfonamides is 1. The van der Waals surface area contributed by atoms with Gasteiger partial charge in [-0.15, -0.1) is 0 Å². The van der Waals surface area contributed by atoms with Crippen molar-refractivity contribution in [3.8, 4) is 28.8 Å². The minimum absolute atomic E-state index is 0.0379. The van der Waals surface area contributed by atoms with Crippen molar-refractivity contribution >= 4 is 22.0 Å². The van der Waals surface area contributed by atoms with Gasteiger partial charge in [0.2, 0.25) is 15.9 Å². The van der Waals surface area contributed by atoms with Crippen molar-refractivity contribution in [2.75, 3.05) is 13.1 Å². The van der Waals surface area contributed by atoms with E-state index >= 15 is 0 Å².